The molecule has 11 heteroatoms. The standard InChI is InChI=1S/C12H15BrFN5OS3/c13-8-5-11(23(20)19-12-16-7-18-22-12)9(14)6-10(8)15-3-1-2-4-17-21/h5-7,15,17,21H,1-4H2,(H,16,18,19). The molecule has 0 saturated carbocycles. The zero-order valence-electron chi connectivity index (χ0n) is 11.9. The number of hydrogen-bond donors (Lipinski definition) is 4. The first-order chi connectivity index (χ1) is 11.1. The summed E-state index contributed by atoms with van der Waals surface area (Å²) >= 11 is 8.34. The third-order valence-electron chi connectivity index (χ3n) is 2.79. The summed E-state index contributed by atoms with van der Waals surface area (Å²) in [5.41, 5.74) is 0.623. The zero-order valence-corrected chi connectivity index (χ0v) is 16.0. The second kappa shape index (κ2) is 9.52. The van der Waals surface area contributed by atoms with Gasteiger partial charge in [0, 0.05) is 29.1 Å². The van der Waals surface area contributed by atoms with Gasteiger partial charge in [0.05, 0.1) is 10.6 Å². The zero-order chi connectivity index (χ0) is 16.7. The van der Waals surface area contributed by atoms with Gasteiger partial charge in [-0.3, -0.25) is 9.44 Å². The van der Waals surface area contributed by atoms with Crippen molar-refractivity contribution in [1.29, 1.82) is 0 Å². The Morgan fingerprint density at radius 2 is 2.13 bits per heavy atom. The molecule has 1 heterocycles. The molecular formula is C12H15BrFN5OS3. The van der Waals surface area contributed by atoms with Crippen molar-refractivity contribution in [1.82, 2.24) is 14.1 Å². The SMILES string of the molecule is O=S(Nc1ncns1)c1cc(Br)c(NCCCCNS)cc1F. The average molecular weight is 440 g/mol. The number of anilines is 2. The van der Waals surface area contributed by atoms with Crippen LogP contribution in [0.3, 0.4) is 0 Å². The van der Waals surface area contributed by atoms with Gasteiger partial charge in [-0.05, 0) is 40.9 Å². The van der Waals surface area contributed by atoms with Crippen molar-refractivity contribution in [2.75, 3.05) is 23.1 Å². The Balaban J connectivity index is 2.00. The van der Waals surface area contributed by atoms with Crippen molar-refractivity contribution in [3.63, 3.8) is 0 Å². The average Bonchev–Trinajstić information content (AvgIpc) is 3.02. The highest BCUT2D eigenvalue weighted by Crippen LogP contribution is 2.28. The number of nitrogens with zero attached hydrogens (tertiary/aromatic N) is 2. The number of benzene rings is 1. The lowest BCUT2D eigenvalue weighted by Crippen LogP contribution is -2.09. The van der Waals surface area contributed by atoms with E-state index in [1.54, 1.807) is 0 Å². The summed E-state index contributed by atoms with van der Waals surface area (Å²) < 4.78 is 36.2. The van der Waals surface area contributed by atoms with Gasteiger partial charge in [0.25, 0.3) is 0 Å². The van der Waals surface area contributed by atoms with Crippen molar-refractivity contribution < 1.29 is 8.60 Å². The molecule has 0 aliphatic carbocycles. The smallest absolute Gasteiger partial charge is 0.214 e. The van der Waals surface area contributed by atoms with Gasteiger partial charge >= 0.3 is 0 Å². The highest BCUT2D eigenvalue weighted by atomic mass is 79.9. The minimum absolute atomic E-state index is 0.0527. The molecule has 0 fully saturated rings. The molecule has 126 valence electrons. The van der Waals surface area contributed by atoms with Crippen molar-refractivity contribution in [3.8, 4) is 0 Å². The third kappa shape index (κ3) is 5.68. The molecule has 0 bridgehead atoms. The van der Waals surface area contributed by atoms with Gasteiger partial charge < -0.3 is 5.32 Å². The first-order valence-corrected chi connectivity index (χ1v) is 9.83. The lowest BCUT2D eigenvalue weighted by atomic mass is 10.2. The van der Waals surface area contributed by atoms with E-state index >= 15 is 0 Å². The molecule has 1 aromatic heterocycles. The van der Waals surface area contributed by atoms with E-state index in [1.807, 2.05) is 0 Å². The Hall–Kier alpha value is -0.750. The quantitative estimate of drug-likeness (QED) is 0.356. The molecule has 1 unspecified atom stereocenters. The summed E-state index contributed by atoms with van der Waals surface area (Å²) in [5, 5.41) is 3.52. The van der Waals surface area contributed by atoms with Gasteiger partial charge in [0.15, 0.2) is 11.0 Å². The lowest BCUT2D eigenvalue weighted by Gasteiger charge is -2.11. The summed E-state index contributed by atoms with van der Waals surface area (Å²) in [5.74, 6) is -0.553. The monoisotopic (exact) mass is 439 g/mol. The van der Waals surface area contributed by atoms with Gasteiger partial charge in [-0.1, -0.05) is 12.8 Å². The molecule has 0 spiro atoms. The van der Waals surface area contributed by atoms with Crippen LogP contribution in [0.25, 0.3) is 0 Å². The van der Waals surface area contributed by atoms with Crippen LogP contribution in [0.5, 0.6) is 0 Å². The fraction of sp³-hybridized carbons (Fsp3) is 0.333. The van der Waals surface area contributed by atoms with E-state index in [9.17, 15) is 8.60 Å². The molecule has 0 amide bonds. The number of nitrogens with one attached hydrogen (secondary N) is 3. The van der Waals surface area contributed by atoms with Crippen LogP contribution in [0.4, 0.5) is 15.2 Å². The number of thiol groups is 1. The topological polar surface area (TPSA) is 78.9 Å². The second-order valence-electron chi connectivity index (χ2n) is 4.42. The van der Waals surface area contributed by atoms with Crippen LogP contribution < -0.4 is 14.8 Å². The Labute approximate surface area is 154 Å². The van der Waals surface area contributed by atoms with E-state index in [0.717, 1.165) is 30.9 Å². The fourth-order valence-corrected chi connectivity index (χ4v) is 3.95. The minimum Gasteiger partial charge on any atom is -0.384 e. The number of hydrogen-bond acceptors (Lipinski definition) is 7. The molecule has 3 N–H and O–H groups in total. The lowest BCUT2D eigenvalue weighted by molar-refractivity contribution is 0.596. The molecule has 23 heavy (non-hydrogen) atoms. The molecule has 0 radical (unpaired) electrons. The second-order valence-corrected chi connectivity index (χ2v) is 7.55. The van der Waals surface area contributed by atoms with Crippen molar-refractivity contribution >= 4 is 62.1 Å². The van der Waals surface area contributed by atoms with Crippen molar-refractivity contribution in [2.24, 2.45) is 0 Å². The Bertz CT molecular complexity index is 658. The van der Waals surface area contributed by atoms with Crippen LogP contribution in [-0.2, 0) is 11.0 Å². The molecule has 2 aromatic rings. The number of aromatic nitrogens is 2. The first-order valence-electron chi connectivity index (χ1n) is 6.66. The molecule has 0 saturated heterocycles. The van der Waals surface area contributed by atoms with E-state index in [1.165, 1.54) is 18.5 Å². The van der Waals surface area contributed by atoms with E-state index < -0.39 is 16.8 Å². The minimum atomic E-state index is -1.74. The van der Waals surface area contributed by atoms with E-state index in [0.29, 0.717) is 21.8 Å². The summed E-state index contributed by atoms with van der Waals surface area (Å²) in [6, 6.07) is 2.83. The van der Waals surface area contributed by atoms with Gasteiger partial charge in [0.2, 0.25) is 5.13 Å². The normalized spacial score (nSPS) is 12.1. The van der Waals surface area contributed by atoms with Gasteiger partial charge in [-0.2, -0.15) is 4.37 Å². The predicted octanol–water partition coefficient (Wildman–Crippen LogP) is 3.20. The maximum absolute atomic E-state index is 14.2. The summed E-state index contributed by atoms with van der Waals surface area (Å²) in [6.45, 7) is 1.52. The molecule has 2 rings (SSSR count). The van der Waals surface area contributed by atoms with Crippen molar-refractivity contribution in [2.45, 2.75) is 17.7 Å². The number of rotatable bonds is 9. The Morgan fingerprint density at radius 3 is 2.83 bits per heavy atom. The van der Waals surface area contributed by atoms with Crippen LogP contribution in [0.1, 0.15) is 12.8 Å². The van der Waals surface area contributed by atoms with E-state index in [2.05, 4.69) is 52.9 Å². The van der Waals surface area contributed by atoms with Gasteiger partial charge in [-0.15, -0.1) is 0 Å². The predicted molar refractivity (Wildman–Crippen MR) is 98.8 cm³/mol. The fourth-order valence-electron chi connectivity index (χ4n) is 1.71. The maximum atomic E-state index is 14.2. The number of unbranched alkanes of at least 4 members (excludes halogenated alkanes) is 1. The van der Waals surface area contributed by atoms with Crippen molar-refractivity contribution in [3.05, 3.63) is 28.7 Å². The van der Waals surface area contributed by atoms with Crippen LogP contribution in [0.2, 0.25) is 0 Å². The van der Waals surface area contributed by atoms with Crippen LogP contribution in [0, 0.1) is 5.82 Å². The molecular weight excluding hydrogens is 425 g/mol. The Kier molecular flexibility index (Phi) is 7.70. The number of halogens is 2. The van der Waals surface area contributed by atoms with Gasteiger partial charge in [-0.25, -0.2) is 13.6 Å². The third-order valence-corrected chi connectivity index (χ3v) is 5.47. The molecule has 0 aliphatic rings. The van der Waals surface area contributed by atoms with Crippen LogP contribution in [0.15, 0.2) is 27.8 Å². The first kappa shape index (κ1) is 18.6. The summed E-state index contributed by atoms with van der Waals surface area (Å²) in [7, 11) is -1.74. The highest BCUT2D eigenvalue weighted by Gasteiger charge is 2.15. The van der Waals surface area contributed by atoms with Crippen LogP contribution in [-0.4, -0.2) is 26.7 Å². The summed E-state index contributed by atoms with van der Waals surface area (Å²) in [6.07, 6.45) is 3.23. The Morgan fingerprint density at radius 1 is 1.35 bits per heavy atom. The largest absolute Gasteiger partial charge is 0.384 e. The van der Waals surface area contributed by atoms with E-state index in [4.69, 9.17) is 0 Å². The highest BCUT2D eigenvalue weighted by molar-refractivity contribution is 9.10. The molecule has 0 aliphatic heterocycles. The summed E-state index contributed by atoms with van der Waals surface area (Å²) in [4.78, 5) is 3.92. The van der Waals surface area contributed by atoms with E-state index in [-0.39, 0.29) is 4.90 Å². The molecule has 1 aromatic carbocycles. The van der Waals surface area contributed by atoms with Crippen LogP contribution >= 0.6 is 40.3 Å². The maximum Gasteiger partial charge on any atom is 0.214 e. The molecule has 6 nitrogen and oxygen atoms in total. The molecule has 1 atom stereocenters. The van der Waals surface area contributed by atoms with Gasteiger partial charge in [0.1, 0.15) is 12.1 Å².